The van der Waals surface area contributed by atoms with E-state index < -0.39 is 0 Å². The molecule has 22 heavy (non-hydrogen) atoms. The summed E-state index contributed by atoms with van der Waals surface area (Å²) in [6, 6.07) is 5.04. The van der Waals surface area contributed by atoms with Crippen molar-refractivity contribution in [1.29, 1.82) is 0 Å². The molecule has 0 aromatic carbocycles. The molecule has 2 atom stereocenters. The number of hydrogen-bond acceptors (Lipinski definition) is 7. The Morgan fingerprint density at radius 3 is 2.50 bits per heavy atom. The van der Waals surface area contributed by atoms with Gasteiger partial charge in [0.05, 0.1) is 12.1 Å². The second-order valence-electron chi connectivity index (χ2n) is 5.72. The maximum Gasteiger partial charge on any atom is 0.189 e. The Labute approximate surface area is 134 Å². The number of rotatable bonds is 3. The minimum Gasteiger partial charge on any atom is -0.352 e. The lowest BCUT2D eigenvalue weighted by molar-refractivity contribution is 0.287. The molecular weight excluding hydrogens is 296 g/mol. The highest BCUT2D eigenvalue weighted by molar-refractivity contribution is 7.98. The molecule has 2 bridgehead atoms. The molecule has 3 aliphatic rings. The number of piperidine rings is 1. The Hall–Kier alpha value is -1.89. The van der Waals surface area contributed by atoms with Crippen molar-refractivity contribution in [2.45, 2.75) is 30.6 Å². The van der Waals surface area contributed by atoms with Crippen LogP contribution in [0.4, 0.5) is 11.6 Å². The summed E-state index contributed by atoms with van der Waals surface area (Å²) in [5, 5.41) is 0.839. The molecule has 3 saturated heterocycles. The third-order valence-corrected chi connectivity index (χ3v) is 4.91. The smallest absolute Gasteiger partial charge is 0.189 e. The lowest BCUT2D eigenvalue weighted by Gasteiger charge is -2.57. The lowest BCUT2D eigenvalue weighted by Crippen LogP contribution is -2.69. The van der Waals surface area contributed by atoms with Crippen molar-refractivity contribution < 1.29 is 0 Å². The van der Waals surface area contributed by atoms with E-state index in [1.165, 1.54) is 6.42 Å². The van der Waals surface area contributed by atoms with Crippen LogP contribution in [-0.4, -0.2) is 51.4 Å². The van der Waals surface area contributed by atoms with Crippen LogP contribution in [0.15, 0.2) is 29.7 Å². The van der Waals surface area contributed by atoms with E-state index in [0.29, 0.717) is 12.1 Å². The van der Waals surface area contributed by atoms with Crippen molar-refractivity contribution in [3.05, 3.63) is 30.4 Å². The summed E-state index contributed by atoms with van der Waals surface area (Å²) >= 11 is 1.59. The van der Waals surface area contributed by atoms with Gasteiger partial charge in [-0.1, -0.05) is 11.8 Å². The molecule has 0 spiro atoms. The Morgan fingerprint density at radius 2 is 1.77 bits per heavy atom. The van der Waals surface area contributed by atoms with Gasteiger partial charge in [-0.25, -0.2) is 19.9 Å². The molecule has 0 radical (unpaired) electrons. The van der Waals surface area contributed by atoms with Gasteiger partial charge in [0.1, 0.15) is 17.5 Å². The lowest BCUT2D eigenvalue weighted by atomic mass is 9.87. The molecule has 2 aromatic rings. The fourth-order valence-electron chi connectivity index (χ4n) is 3.36. The fraction of sp³-hybridized carbons (Fsp3) is 0.467. The van der Waals surface area contributed by atoms with Crippen molar-refractivity contribution in [2.24, 2.45) is 0 Å². The molecular formula is C15H18N6S. The SMILES string of the molecule is CSc1nccc(N2C3CC2CN(c2ccnc(C)n2)C3)n1. The molecule has 3 fully saturated rings. The summed E-state index contributed by atoms with van der Waals surface area (Å²) < 4.78 is 0. The summed E-state index contributed by atoms with van der Waals surface area (Å²) in [5.41, 5.74) is 0. The zero-order chi connectivity index (χ0) is 15.1. The Balaban J connectivity index is 1.53. The van der Waals surface area contributed by atoms with Gasteiger partial charge >= 0.3 is 0 Å². The molecule has 2 aromatic heterocycles. The molecule has 6 nitrogen and oxygen atoms in total. The highest BCUT2D eigenvalue weighted by Crippen LogP contribution is 2.37. The Kier molecular flexibility index (Phi) is 3.37. The van der Waals surface area contributed by atoms with Gasteiger partial charge in [0.15, 0.2) is 5.16 Å². The van der Waals surface area contributed by atoms with E-state index in [2.05, 4.69) is 29.7 Å². The first kappa shape index (κ1) is 13.8. The maximum atomic E-state index is 4.64. The monoisotopic (exact) mass is 314 g/mol. The highest BCUT2D eigenvalue weighted by atomic mass is 32.2. The van der Waals surface area contributed by atoms with Gasteiger partial charge in [-0.3, -0.25) is 0 Å². The van der Waals surface area contributed by atoms with Crippen LogP contribution in [0, 0.1) is 6.92 Å². The first-order valence-electron chi connectivity index (χ1n) is 7.44. The van der Waals surface area contributed by atoms with Gasteiger partial charge in [-0.05, 0) is 31.7 Å². The molecule has 3 aliphatic heterocycles. The number of nitrogens with zero attached hydrogens (tertiary/aromatic N) is 6. The third kappa shape index (κ3) is 2.29. The third-order valence-electron chi connectivity index (χ3n) is 4.34. The number of anilines is 2. The van der Waals surface area contributed by atoms with E-state index >= 15 is 0 Å². The van der Waals surface area contributed by atoms with E-state index in [1.54, 1.807) is 11.8 Å². The second-order valence-corrected chi connectivity index (χ2v) is 6.49. The first-order valence-corrected chi connectivity index (χ1v) is 8.67. The van der Waals surface area contributed by atoms with Crippen molar-refractivity contribution in [3.63, 3.8) is 0 Å². The van der Waals surface area contributed by atoms with Gasteiger partial charge in [0.2, 0.25) is 0 Å². The van der Waals surface area contributed by atoms with E-state index in [-0.39, 0.29) is 0 Å². The molecule has 0 N–H and O–H groups in total. The van der Waals surface area contributed by atoms with Gasteiger partial charge in [0.25, 0.3) is 0 Å². The van der Waals surface area contributed by atoms with Gasteiger partial charge in [0, 0.05) is 25.5 Å². The van der Waals surface area contributed by atoms with Crippen molar-refractivity contribution in [3.8, 4) is 0 Å². The Morgan fingerprint density at radius 1 is 1.05 bits per heavy atom. The number of thioether (sulfide) groups is 1. The minimum atomic E-state index is 0.513. The predicted molar refractivity (Wildman–Crippen MR) is 87.5 cm³/mol. The zero-order valence-corrected chi connectivity index (χ0v) is 13.5. The van der Waals surface area contributed by atoms with Gasteiger partial charge in [-0.2, -0.15) is 0 Å². The van der Waals surface area contributed by atoms with E-state index in [1.807, 2.05) is 37.7 Å². The van der Waals surface area contributed by atoms with Crippen LogP contribution < -0.4 is 9.80 Å². The molecule has 7 heteroatoms. The topological polar surface area (TPSA) is 58.0 Å². The molecule has 0 amide bonds. The van der Waals surface area contributed by atoms with Crippen LogP contribution in [0.1, 0.15) is 12.2 Å². The number of aryl methyl sites for hydroxylation is 1. The predicted octanol–water partition coefficient (Wildman–Crippen LogP) is 1.76. The standard InChI is InChI=1S/C15H18N6S/c1-10-16-5-3-13(18-10)20-8-11-7-12(9-20)21(11)14-4-6-17-15(19-14)22-2/h3-6,11-12H,7-9H2,1-2H3. The maximum absolute atomic E-state index is 4.64. The van der Waals surface area contributed by atoms with Crippen molar-refractivity contribution in [1.82, 2.24) is 19.9 Å². The largest absolute Gasteiger partial charge is 0.352 e. The van der Waals surface area contributed by atoms with E-state index in [9.17, 15) is 0 Å². The Bertz CT molecular complexity index is 681. The molecule has 0 aliphatic carbocycles. The van der Waals surface area contributed by atoms with Crippen LogP contribution in [0.25, 0.3) is 0 Å². The van der Waals surface area contributed by atoms with Crippen LogP contribution in [-0.2, 0) is 0 Å². The second kappa shape index (κ2) is 5.39. The van der Waals surface area contributed by atoms with E-state index in [0.717, 1.165) is 35.7 Å². The van der Waals surface area contributed by atoms with Crippen LogP contribution in [0.2, 0.25) is 0 Å². The number of piperazine rings is 1. The van der Waals surface area contributed by atoms with Gasteiger partial charge in [-0.15, -0.1) is 0 Å². The quantitative estimate of drug-likeness (QED) is 0.632. The van der Waals surface area contributed by atoms with E-state index in [4.69, 9.17) is 0 Å². The summed E-state index contributed by atoms with van der Waals surface area (Å²) in [6.45, 7) is 3.92. The van der Waals surface area contributed by atoms with Gasteiger partial charge < -0.3 is 9.80 Å². The summed E-state index contributed by atoms with van der Waals surface area (Å²) in [6.07, 6.45) is 6.94. The molecule has 0 saturated carbocycles. The fourth-order valence-corrected chi connectivity index (χ4v) is 3.72. The zero-order valence-electron chi connectivity index (χ0n) is 12.7. The average Bonchev–Trinajstić information content (AvgIpc) is 2.55. The molecule has 5 heterocycles. The summed E-state index contributed by atoms with van der Waals surface area (Å²) in [4.78, 5) is 22.4. The number of aromatic nitrogens is 4. The molecule has 114 valence electrons. The number of fused-ring (bicyclic) bond motifs is 2. The average molecular weight is 314 g/mol. The first-order chi connectivity index (χ1) is 10.7. The van der Waals surface area contributed by atoms with Crippen LogP contribution in [0.5, 0.6) is 0 Å². The minimum absolute atomic E-state index is 0.513. The number of hydrogen-bond donors (Lipinski definition) is 0. The summed E-state index contributed by atoms with van der Waals surface area (Å²) in [7, 11) is 0. The van der Waals surface area contributed by atoms with Crippen LogP contribution >= 0.6 is 11.8 Å². The van der Waals surface area contributed by atoms with Crippen molar-refractivity contribution in [2.75, 3.05) is 29.1 Å². The van der Waals surface area contributed by atoms with Crippen molar-refractivity contribution >= 4 is 23.4 Å². The molecule has 5 rings (SSSR count). The molecule has 2 unspecified atom stereocenters. The van der Waals surface area contributed by atoms with Crippen LogP contribution in [0.3, 0.4) is 0 Å². The highest BCUT2D eigenvalue weighted by Gasteiger charge is 2.45. The summed E-state index contributed by atoms with van der Waals surface area (Å²) in [5.74, 6) is 2.92. The normalized spacial score (nSPS) is 23.4.